The second kappa shape index (κ2) is 6.94. The zero-order valence-electron chi connectivity index (χ0n) is 13.1. The van der Waals surface area contributed by atoms with Gasteiger partial charge in [-0.05, 0) is 29.3 Å². The molecule has 0 aliphatic heterocycles. The molecule has 0 bridgehead atoms. The molecule has 3 aromatic heterocycles. The highest BCUT2D eigenvalue weighted by atomic mass is 32.2. The Hall–Kier alpha value is -2.87. The molecule has 0 unspecified atom stereocenters. The van der Waals surface area contributed by atoms with Crippen LogP contribution in [-0.4, -0.2) is 29.9 Å². The van der Waals surface area contributed by atoms with Crippen LogP contribution < -0.4 is 0 Å². The summed E-state index contributed by atoms with van der Waals surface area (Å²) in [5.41, 5.74) is 3.36. The van der Waals surface area contributed by atoms with E-state index in [4.69, 9.17) is 0 Å². The molecule has 0 saturated carbocycles. The van der Waals surface area contributed by atoms with E-state index in [1.54, 1.807) is 34.8 Å². The van der Waals surface area contributed by atoms with Crippen molar-refractivity contribution in [3.8, 4) is 0 Å². The Bertz CT molecular complexity index is 987. The molecule has 6 nitrogen and oxygen atoms in total. The van der Waals surface area contributed by atoms with Gasteiger partial charge in [0.25, 0.3) is 0 Å². The van der Waals surface area contributed by atoms with Crippen LogP contribution in [0.5, 0.6) is 0 Å². The van der Waals surface area contributed by atoms with Crippen molar-refractivity contribution in [2.75, 3.05) is 0 Å². The molecule has 0 aliphatic carbocycles. The molecular weight excluding hydrogens is 339 g/mol. The van der Waals surface area contributed by atoms with E-state index >= 15 is 0 Å². The smallest absolute Gasteiger partial charge is 0.183 e. The first-order valence-electron chi connectivity index (χ1n) is 7.60. The highest BCUT2D eigenvalue weighted by molar-refractivity contribution is 7.98. The molecule has 4 rings (SSSR count). The third-order valence-corrected chi connectivity index (χ3v) is 4.66. The summed E-state index contributed by atoms with van der Waals surface area (Å²) in [6, 6.07) is 10.2. The Kier molecular flexibility index (Phi) is 4.34. The quantitative estimate of drug-likeness (QED) is 0.406. The first kappa shape index (κ1) is 15.6. The van der Waals surface area contributed by atoms with E-state index in [1.807, 2.05) is 18.3 Å². The van der Waals surface area contributed by atoms with Crippen molar-refractivity contribution in [1.29, 1.82) is 0 Å². The van der Waals surface area contributed by atoms with Gasteiger partial charge >= 0.3 is 0 Å². The molecular formula is C17H13FN6S. The summed E-state index contributed by atoms with van der Waals surface area (Å²) in [6.45, 7) is 0.473. The molecule has 0 aliphatic rings. The Morgan fingerprint density at radius 3 is 2.72 bits per heavy atom. The zero-order chi connectivity index (χ0) is 17.1. The SMILES string of the molecule is Fc1ccc(Cn2nnc3c(SCc4cccnc4)ncnc32)cc1. The number of halogens is 1. The van der Waals surface area contributed by atoms with Crippen molar-refractivity contribution in [3.63, 3.8) is 0 Å². The van der Waals surface area contributed by atoms with Crippen LogP contribution >= 0.6 is 11.8 Å². The van der Waals surface area contributed by atoms with Gasteiger partial charge in [0.15, 0.2) is 11.2 Å². The lowest BCUT2D eigenvalue weighted by Gasteiger charge is -2.03. The molecule has 0 N–H and O–H groups in total. The summed E-state index contributed by atoms with van der Waals surface area (Å²) >= 11 is 1.57. The van der Waals surface area contributed by atoms with Gasteiger partial charge in [0, 0.05) is 18.1 Å². The van der Waals surface area contributed by atoms with Crippen LogP contribution in [0.25, 0.3) is 11.2 Å². The lowest BCUT2D eigenvalue weighted by Crippen LogP contribution is -2.03. The molecule has 0 saturated heterocycles. The van der Waals surface area contributed by atoms with Crippen LogP contribution in [0.3, 0.4) is 0 Å². The molecule has 0 radical (unpaired) electrons. The Morgan fingerprint density at radius 1 is 1.04 bits per heavy atom. The lowest BCUT2D eigenvalue weighted by molar-refractivity contribution is 0.623. The van der Waals surface area contributed by atoms with Gasteiger partial charge in [-0.25, -0.2) is 19.0 Å². The Labute approximate surface area is 147 Å². The third kappa shape index (κ3) is 3.48. The summed E-state index contributed by atoms with van der Waals surface area (Å²) in [7, 11) is 0. The minimum Gasteiger partial charge on any atom is -0.264 e. The maximum atomic E-state index is 13.0. The standard InChI is InChI=1S/C17H13FN6S/c18-14-5-3-12(4-6-14)9-24-16-15(22-23-24)17(21-11-20-16)25-10-13-2-1-7-19-8-13/h1-8,11H,9-10H2. The lowest BCUT2D eigenvalue weighted by atomic mass is 10.2. The molecule has 4 aromatic rings. The largest absolute Gasteiger partial charge is 0.264 e. The molecule has 8 heteroatoms. The van der Waals surface area contributed by atoms with E-state index in [1.165, 1.54) is 18.5 Å². The molecule has 124 valence electrons. The Morgan fingerprint density at radius 2 is 1.92 bits per heavy atom. The van der Waals surface area contributed by atoms with E-state index in [-0.39, 0.29) is 5.82 Å². The third-order valence-electron chi connectivity index (χ3n) is 3.61. The number of aromatic nitrogens is 6. The Balaban J connectivity index is 1.58. The number of fused-ring (bicyclic) bond motifs is 1. The molecule has 3 heterocycles. The van der Waals surface area contributed by atoms with E-state index in [2.05, 4.69) is 25.3 Å². The van der Waals surface area contributed by atoms with Crippen molar-refractivity contribution < 1.29 is 4.39 Å². The van der Waals surface area contributed by atoms with Crippen molar-refractivity contribution in [3.05, 3.63) is 72.1 Å². The normalized spacial score (nSPS) is 11.1. The van der Waals surface area contributed by atoms with E-state index in [0.717, 1.165) is 21.9 Å². The number of nitrogens with zero attached hydrogens (tertiary/aromatic N) is 6. The van der Waals surface area contributed by atoms with Gasteiger partial charge in [-0.3, -0.25) is 4.98 Å². The average molecular weight is 352 g/mol. The monoisotopic (exact) mass is 352 g/mol. The number of hydrogen-bond donors (Lipinski definition) is 0. The number of pyridine rings is 1. The summed E-state index contributed by atoms with van der Waals surface area (Å²) < 4.78 is 14.7. The average Bonchev–Trinajstić information content (AvgIpc) is 3.06. The predicted octanol–water partition coefficient (Wildman–Crippen LogP) is 3.10. The van der Waals surface area contributed by atoms with Crippen molar-refractivity contribution >= 4 is 22.9 Å². The number of rotatable bonds is 5. The van der Waals surface area contributed by atoms with Crippen molar-refractivity contribution in [2.24, 2.45) is 0 Å². The van der Waals surface area contributed by atoms with Gasteiger partial charge in [0.1, 0.15) is 17.2 Å². The van der Waals surface area contributed by atoms with Gasteiger partial charge in [-0.1, -0.05) is 35.2 Å². The van der Waals surface area contributed by atoms with Gasteiger partial charge in [-0.2, -0.15) is 0 Å². The number of thioether (sulfide) groups is 1. The fraction of sp³-hybridized carbons (Fsp3) is 0.118. The minimum absolute atomic E-state index is 0.261. The van der Waals surface area contributed by atoms with Crippen molar-refractivity contribution in [2.45, 2.75) is 17.3 Å². The highest BCUT2D eigenvalue weighted by Crippen LogP contribution is 2.25. The van der Waals surface area contributed by atoms with Crippen LogP contribution in [0.15, 0.2) is 60.1 Å². The summed E-state index contributed by atoms with van der Waals surface area (Å²) in [6.07, 6.45) is 5.09. The maximum absolute atomic E-state index is 13.0. The second-order valence-electron chi connectivity index (χ2n) is 5.37. The minimum atomic E-state index is -0.261. The maximum Gasteiger partial charge on any atom is 0.183 e. The molecule has 0 atom stereocenters. The van der Waals surface area contributed by atoms with Crippen molar-refractivity contribution in [1.82, 2.24) is 29.9 Å². The highest BCUT2D eigenvalue weighted by Gasteiger charge is 2.12. The first-order chi connectivity index (χ1) is 12.3. The van der Waals surface area contributed by atoms with Gasteiger partial charge in [0.05, 0.1) is 6.54 Å². The van der Waals surface area contributed by atoms with E-state index in [0.29, 0.717) is 17.7 Å². The first-order valence-corrected chi connectivity index (χ1v) is 8.58. The van der Waals surface area contributed by atoms with Crippen LogP contribution in [0.1, 0.15) is 11.1 Å². The summed E-state index contributed by atoms with van der Waals surface area (Å²) in [5.74, 6) is 0.480. The van der Waals surface area contributed by atoms with E-state index < -0.39 is 0 Å². The molecule has 25 heavy (non-hydrogen) atoms. The van der Waals surface area contributed by atoms with Crippen LogP contribution in [0.2, 0.25) is 0 Å². The zero-order valence-corrected chi connectivity index (χ0v) is 13.9. The number of benzene rings is 1. The van der Waals surface area contributed by atoms with E-state index in [9.17, 15) is 4.39 Å². The predicted molar refractivity (Wildman–Crippen MR) is 92.4 cm³/mol. The second-order valence-corrected chi connectivity index (χ2v) is 6.34. The topological polar surface area (TPSA) is 69.4 Å². The molecule has 0 fully saturated rings. The van der Waals surface area contributed by atoms with Crippen LogP contribution in [0, 0.1) is 5.82 Å². The van der Waals surface area contributed by atoms with Gasteiger partial charge in [0.2, 0.25) is 0 Å². The summed E-state index contributed by atoms with van der Waals surface area (Å²) in [4.78, 5) is 12.7. The van der Waals surface area contributed by atoms with Gasteiger partial charge < -0.3 is 0 Å². The number of hydrogen-bond acceptors (Lipinski definition) is 6. The van der Waals surface area contributed by atoms with Gasteiger partial charge in [-0.15, -0.1) is 5.10 Å². The summed E-state index contributed by atoms with van der Waals surface area (Å²) in [5, 5.41) is 9.17. The molecule has 1 aromatic carbocycles. The fourth-order valence-corrected chi connectivity index (χ4v) is 3.25. The molecule has 0 amide bonds. The molecule has 0 spiro atoms. The van der Waals surface area contributed by atoms with Crippen LogP contribution in [-0.2, 0) is 12.3 Å². The fourth-order valence-electron chi connectivity index (χ4n) is 2.38. The van der Waals surface area contributed by atoms with Crippen LogP contribution in [0.4, 0.5) is 4.39 Å².